The van der Waals surface area contributed by atoms with Crippen LogP contribution in [0.5, 0.6) is 5.75 Å². The second-order valence-electron chi connectivity index (χ2n) is 6.84. The number of nitrogens with zero attached hydrogens (tertiary/aromatic N) is 4. The Kier molecular flexibility index (Phi) is 7.43. The third-order valence-electron chi connectivity index (χ3n) is 4.62. The number of carbonyl (C=O) groups is 1. The van der Waals surface area contributed by atoms with Gasteiger partial charge in [-0.05, 0) is 66.9 Å². The maximum Gasteiger partial charge on any atom is 0.250 e. The molecule has 33 heavy (non-hydrogen) atoms. The molecule has 0 unspecified atom stereocenters. The number of hydrazone groups is 1. The number of rotatable bonds is 8. The SMILES string of the molecule is COc1ccc(-c2nnc(SCC(=O)N/N=C(/C)c3cccs3)n2-c2ccc(Cl)cc2)cc1. The van der Waals surface area contributed by atoms with Crippen LogP contribution in [0.3, 0.4) is 0 Å². The predicted octanol–water partition coefficient (Wildman–Crippen LogP) is 5.29. The molecule has 2 heterocycles. The van der Waals surface area contributed by atoms with Crippen molar-refractivity contribution < 1.29 is 9.53 Å². The summed E-state index contributed by atoms with van der Waals surface area (Å²) in [6, 6.07) is 18.8. The van der Waals surface area contributed by atoms with E-state index < -0.39 is 0 Å². The highest BCUT2D eigenvalue weighted by atomic mass is 35.5. The van der Waals surface area contributed by atoms with Gasteiger partial charge in [-0.1, -0.05) is 29.4 Å². The lowest BCUT2D eigenvalue weighted by atomic mass is 10.2. The Balaban J connectivity index is 1.56. The van der Waals surface area contributed by atoms with Gasteiger partial charge in [-0.15, -0.1) is 21.5 Å². The topological polar surface area (TPSA) is 81.4 Å². The van der Waals surface area contributed by atoms with E-state index in [1.807, 2.05) is 65.4 Å². The Bertz CT molecular complexity index is 1250. The first-order valence-corrected chi connectivity index (χ1v) is 12.1. The minimum Gasteiger partial charge on any atom is -0.497 e. The van der Waals surface area contributed by atoms with E-state index in [4.69, 9.17) is 16.3 Å². The standard InChI is InChI=1S/C23H20ClN5O2S2/c1-15(20-4-3-13-32-20)25-26-21(30)14-33-23-28-27-22(16-5-11-19(31-2)12-6-16)29(23)18-9-7-17(24)8-10-18/h3-13H,14H2,1-2H3,(H,26,30)/b25-15-. The van der Waals surface area contributed by atoms with Gasteiger partial charge >= 0.3 is 0 Å². The normalized spacial score (nSPS) is 11.4. The highest BCUT2D eigenvalue weighted by Crippen LogP contribution is 2.29. The molecule has 0 aliphatic heterocycles. The van der Waals surface area contributed by atoms with Gasteiger partial charge in [0.05, 0.1) is 18.6 Å². The number of benzene rings is 2. The van der Waals surface area contributed by atoms with Crippen LogP contribution in [0.2, 0.25) is 5.02 Å². The van der Waals surface area contributed by atoms with Crippen molar-refractivity contribution in [2.75, 3.05) is 12.9 Å². The van der Waals surface area contributed by atoms with Crippen LogP contribution in [0.25, 0.3) is 17.1 Å². The first kappa shape index (κ1) is 23.0. The molecule has 1 amide bonds. The molecule has 0 saturated heterocycles. The van der Waals surface area contributed by atoms with Crippen LogP contribution in [0.1, 0.15) is 11.8 Å². The van der Waals surface area contributed by atoms with Crippen molar-refractivity contribution in [3.05, 3.63) is 75.9 Å². The van der Waals surface area contributed by atoms with Gasteiger partial charge in [0.25, 0.3) is 5.91 Å². The van der Waals surface area contributed by atoms with Crippen molar-refractivity contribution in [2.45, 2.75) is 12.1 Å². The summed E-state index contributed by atoms with van der Waals surface area (Å²) in [5.74, 6) is 1.30. The van der Waals surface area contributed by atoms with Crippen LogP contribution >= 0.6 is 34.7 Å². The van der Waals surface area contributed by atoms with Gasteiger partial charge in [0, 0.05) is 21.2 Å². The van der Waals surface area contributed by atoms with Crippen LogP contribution in [0.15, 0.2) is 76.3 Å². The monoisotopic (exact) mass is 497 g/mol. The number of aromatic nitrogens is 3. The molecule has 0 radical (unpaired) electrons. The fourth-order valence-electron chi connectivity index (χ4n) is 2.96. The molecule has 0 fully saturated rings. The minimum absolute atomic E-state index is 0.134. The first-order chi connectivity index (χ1) is 16.0. The second-order valence-corrected chi connectivity index (χ2v) is 9.17. The molecule has 7 nitrogen and oxygen atoms in total. The largest absolute Gasteiger partial charge is 0.497 e. The van der Waals surface area contributed by atoms with Crippen molar-refractivity contribution >= 4 is 46.3 Å². The molecule has 168 valence electrons. The summed E-state index contributed by atoms with van der Waals surface area (Å²) in [5, 5.41) is 16.1. The Morgan fingerprint density at radius 2 is 1.91 bits per heavy atom. The molecule has 2 aromatic heterocycles. The number of ether oxygens (including phenoxy) is 1. The quantitative estimate of drug-likeness (QED) is 0.203. The molecule has 2 aromatic carbocycles. The Morgan fingerprint density at radius 1 is 1.15 bits per heavy atom. The van der Waals surface area contributed by atoms with Crippen molar-refractivity contribution in [1.82, 2.24) is 20.2 Å². The van der Waals surface area contributed by atoms with Gasteiger partial charge in [0.2, 0.25) is 0 Å². The summed E-state index contributed by atoms with van der Waals surface area (Å²) >= 11 is 8.93. The van der Waals surface area contributed by atoms with E-state index in [0.717, 1.165) is 27.6 Å². The summed E-state index contributed by atoms with van der Waals surface area (Å²) in [7, 11) is 1.62. The predicted molar refractivity (Wildman–Crippen MR) is 134 cm³/mol. The van der Waals surface area contributed by atoms with Gasteiger partial charge in [0.1, 0.15) is 5.75 Å². The Hall–Kier alpha value is -3.14. The molecule has 0 spiro atoms. The van der Waals surface area contributed by atoms with Crippen LogP contribution in [-0.2, 0) is 4.79 Å². The smallest absolute Gasteiger partial charge is 0.250 e. The third-order valence-corrected chi connectivity index (χ3v) is 6.78. The number of nitrogens with one attached hydrogen (secondary N) is 1. The van der Waals surface area contributed by atoms with E-state index in [1.165, 1.54) is 11.8 Å². The maximum atomic E-state index is 12.4. The number of thioether (sulfide) groups is 1. The van der Waals surface area contributed by atoms with Crippen LogP contribution in [0, 0.1) is 0 Å². The van der Waals surface area contributed by atoms with Gasteiger partial charge in [0.15, 0.2) is 11.0 Å². The average molecular weight is 498 g/mol. The summed E-state index contributed by atoms with van der Waals surface area (Å²) in [6.45, 7) is 1.86. The van der Waals surface area contributed by atoms with E-state index in [9.17, 15) is 4.79 Å². The summed E-state index contributed by atoms with van der Waals surface area (Å²) in [4.78, 5) is 13.4. The van der Waals surface area contributed by atoms with Crippen molar-refractivity contribution in [3.63, 3.8) is 0 Å². The van der Waals surface area contributed by atoms with Crippen molar-refractivity contribution in [2.24, 2.45) is 5.10 Å². The van der Waals surface area contributed by atoms with E-state index in [2.05, 4.69) is 20.7 Å². The molecule has 0 atom stereocenters. The molecular weight excluding hydrogens is 478 g/mol. The van der Waals surface area contributed by atoms with Crippen molar-refractivity contribution in [3.8, 4) is 22.8 Å². The third kappa shape index (κ3) is 5.62. The molecule has 4 aromatic rings. The molecular formula is C23H20ClN5O2S2. The van der Waals surface area contributed by atoms with Gasteiger partial charge in [-0.2, -0.15) is 5.10 Å². The van der Waals surface area contributed by atoms with Gasteiger partial charge in [-0.3, -0.25) is 9.36 Å². The summed E-state index contributed by atoms with van der Waals surface area (Å²) in [6.07, 6.45) is 0. The maximum absolute atomic E-state index is 12.4. The fourth-order valence-corrected chi connectivity index (χ4v) is 4.51. The number of amides is 1. The molecule has 0 aliphatic rings. The zero-order valence-corrected chi connectivity index (χ0v) is 20.2. The Labute approximate surface area is 204 Å². The molecule has 4 rings (SSSR count). The lowest BCUT2D eigenvalue weighted by Crippen LogP contribution is -2.21. The average Bonchev–Trinajstić information content (AvgIpc) is 3.52. The lowest BCUT2D eigenvalue weighted by molar-refractivity contribution is -0.118. The van der Waals surface area contributed by atoms with E-state index in [1.54, 1.807) is 30.6 Å². The minimum atomic E-state index is -0.229. The zero-order valence-electron chi connectivity index (χ0n) is 17.9. The molecule has 0 bridgehead atoms. The zero-order chi connectivity index (χ0) is 23.2. The number of carbonyl (C=O) groups excluding carboxylic acids is 1. The van der Waals surface area contributed by atoms with Crippen molar-refractivity contribution in [1.29, 1.82) is 0 Å². The van der Waals surface area contributed by atoms with Crippen LogP contribution in [0.4, 0.5) is 0 Å². The number of methoxy groups -OCH3 is 1. The van der Waals surface area contributed by atoms with E-state index in [0.29, 0.717) is 16.0 Å². The summed E-state index contributed by atoms with van der Waals surface area (Å²) in [5.41, 5.74) is 5.07. The van der Waals surface area contributed by atoms with Gasteiger partial charge < -0.3 is 4.74 Å². The number of hydrogen-bond acceptors (Lipinski definition) is 7. The number of hydrogen-bond donors (Lipinski definition) is 1. The molecule has 1 N–H and O–H groups in total. The molecule has 0 aliphatic carbocycles. The van der Waals surface area contributed by atoms with E-state index >= 15 is 0 Å². The fraction of sp³-hybridized carbons (Fsp3) is 0.130. The number of thiophene rings is 1. The first-order valence-electron chi connectivity index (χ1n) is 9.90. The summed E-state index contributed by atoms with van der Waals surface area (Å²) < 4.78 is 7.15. The Morgan fingerprint density at radius 3 is 2.58 bits per heavy atom. The van der Waals surface area contributed by atoms with Crippen LogP contribution < -0.4 is 10.2 Å². The lowest BCUT2D eigenvalue weighted by Gasteiger charge is -2.11. The van der Waals surface area contributed by atoms with E-state index in [-0.39, 0.29) is 11.7 Å². The highest BCUT2D eigenvalue weighted by Gasteiger charge is 2.17. The highest BCUT2D eigenvalue weighted by molar-refractivity contribution is 7.99. The molecule has 10 heteroatoms. The van der Waals surface area contributed by atoms with Gasteiger partial charge in [-0.25, -0.2) is 5.43 Å². The molecule has 0 saturated carbocycles. The van der Waals surface area contributed by atoms with Crippen LogP contribution in [-0.4, -0.2) is 39.2 Å². The second kappa shape index (κ2) is 10.7. The number of halogens is 1.